The van der Waals surface area contributed by atoms with E-state index in [0.717, 1.165) is 0 Å². The number of aliphatic hydroxyl groups excluding tert-OH is 1. The maximum atomic E-state index is 12.9. The van der Waals surface area contributed by atoms with Crippen LogP contribution in [0, 0.1) is 5.92 Å². The first-order valence-corrected chi connectivity index (χ1v) is 12.1. The van der Waals surface area contributed by atoms with Crippen LogP contribution in [-0.4, -0.2) is 82.7 Å². The Balaban J connectivity index is 5.37. The lowest BCUT2D eigenvalue weighted by atomic mass is 10.0. The van der Waals surface area contributed by atoms with E-state index in [-0.39, 0.29) is 12.3 Å². The quantitative estimate of drug-likeness (QED) is 0.133. The van der Waals surface area contributed by atoms with Crippen molar-refractivity contribution in [1.82, 2.24) is 16.0 Å². The number of carboxylic acid groups (broad SMARTS) is 1. The molecule has 0 aliphatic rings. The van der Waals surface area contributed by atoms with Crippen molar-refractivity contribution < 1.29 is 29.4 Å². The number of amides is 3. The van der Waals surface area contributed by atoms with Crippen LogP contribution >= 0.6 is 11.8 Å². The van der Waals surface area contributed by atoms with Gasteiger partial charge in [-0.3, -0.25) is 14.4 Å². The smallest absolute Gasteiger partial charge is 0.328 e. The molecule has 0 aromatic carbocycles. The summed E-state index contributed by atoms with van der Waals surface area (Å²) >= 11 is 1.56. The second-order valence-corrected chi connectivity index (χ2v) is 9.01. The molecule has 0 bridgehead atoms. The zero-order valence-corrected chi connectivity index (χ0v) is 20.1. The summed E-state index contributed by atoms with van der Waals surface area (Å²) in [6.45, 7) is 5.13. The molecule has 0 saturated heterocycles. The van der Waals surface area contributed by atoms with Crippen molar-refractivity contribution in [1.29, 1.82) is 0 Å². The van der Waals surface area contributed by atoms with Crippen molar-refractivity contribution in [2.75, 3.05) is 18.6 Å². The Morgan fingerprint density at radius 1 is 0.906 bits per heavy atom. The fourth-order valence-corrected chi connectivity index (χ4v) is 3.33. The Morgan fingerprint density at radius 2 is 1.50 bits per heavy atom. The molecule has 5 unspecified atom stereocenters. The number of hydrogen-bond acceptors (Lipinski definition) is 8. The van der Waals surface area contributed by atoms with Gasteiger partial charge in [-0.15, -0.1) is 0 Å². The highest BCUT2D eigenvalue weighted by Crippen LogP contribution is 2.08. The first kappa shape index (κ1) is 30.1. The lowest BCUT2D eigenvalue weighted by Gasteiger charge is -2.27. The van der Waals surface area contributed by atoms with Gasteiger partial charge in [0, 0.05) is 0 Å². The first-order valence-electron chi connectivity index (χ1n) is 10.7. The van der Waals surface area contributed by atoms with Gasteiger partial charge in [-0.1, -0.05) is 13.8 Å². The SMILES string of the molecule is CSCCC(N)C(=O)NC(C(=O)NC(CCCCN)C(=O)NC(C(=O)O)C(C)O)C(C)C. The first-order chi connectivity index (χ1) is 15.0. The zero-order chi connectivity index (χ0) is 24.8. The average molecular weight is 478 g/mol. The highest BCUT2D eigenvalue weighted by Gasteiger charge is 2.32. The molecule has 5 atom stereocenters. The minimum absolute atomic E-state index is 0.215. The zero-order valence-electron chi connectivity index (χ0n) is 19.3. The standard InChI is InChI=1S/C20H39N5O6S/c1-11(2)15(24-17(27)13(22)8-10-32-4)19(29)23-14(7-5-6-9-21)18(28)25-16(12(3)26)20(30)31/h11-16,26H,5-10,21-22H2,1-4H3,(H,23,29)(H,24,27)(H,25,28)(H,30,31). The van der Waals surface area contributed by atoms with E-state index in [0.29, 0.717) is 31.6 Å². The van der Waals surface area contributed by atoms with Crippen molar-refractivity contribution >= 4 is 35.5 Å². The van der Waals surface area contributed by atoms with Gasteiger partial charge < -0.3 is 37.6 Å². The molecule has 9 N–H and O–H groups in total. The van der Waals surface area contributed by atoms with E-state index < -0.39 is 54.0 Å². The molecule has 0 radical (unpaired) electrons. The summed E-state index contributed by atoms with van der Waals surface area (Å²) in [6, 6.07) is -4.27. The topological polar surface area (TPSA) is 197 Å². The number of carbonyl (C=O) groups is 4. The molecule has 0 saturated carbocycles. The van der Waals surface area contributed by atoms with Crippen LogP contribution in [0.5, 0.6) is 0 Å². The molecule has 3 amide bonds. The third-order valence-electron chi connectivity index (χ3n) is 4.84. The van der Waals surface area contributed by atoms with Crippen molar-refractivity contribution in [2.24, 2.45) is 17.4 Å². The van der Waals surface area contributed by atoms with Gasteiger partial charge in [-0.25, -0.2) is 4.79 Å². The second-order valence-electron chi connectivity index (χ2n) is 8.03. The molecule has 0 heterocycles. The molecule has 0 aromatic heterocycles. The fraction of sp³-hybridized carbons (Fsp3) is 0.800. The van der Waals surface area contributed by atoms with Gasteiger partial charge in [0.2, 0.25) is 17.7 Å². The normalized spacial score (nSPS) is 15.9. The minimum atomic E-state index is -1.52. The highest BCUT2D eigenvalue weighted by atomic mass is 32.2. The Morgan fingerprint density at radius 3 is 1.97 bits per heavy atom. The molecule has 0 aromatic rings. The van der Waals surface area contributed by atoms with Gasteiger partial charge in [0.15, 0.2) is 6.04 Å². The molecule has 0 spiro atoms. The predicted molar refractivity (Wildman–Crippen MR) is 124 cm³/mol. The molecule has 0 aliphatic heterocycles. The summed E-state index contributed by atoms with van der Waals surface area (Å²) in [5.74, 6) is -2.77. The Kier molecular flexibility index (Phi) is 14.9. The third-order valence-corrected chi connectivity index (χ3v) is 5.49. The van der Waals surface area contributed by atoms with Gasteiger partial charge in [0.25, 0.3) is 0 Å². The minimum Gasteiger partial charge on any atom is -0.480 e. The number of carboxylic acids is 1. The van der Waals surface area contributed by atoms with E-state index in [1.165, 1.54) is 6.92 Å². The summed E-state index contributed by atoms with van der Waals surface area (Å²) in [5, 5.41) is 26.3. The van der Waals surface area contributed by atoms with Crippen LogP contribution in [0.15, 0.2) is 0 Å². The van der Waals surface area contributed by atoms with Crippen molar-refractivity contribution in [3.05, 3.63) is 0 Å². The summed E-state index contributed by atoms with van der Waals surface area (Å²) in [6.07, 6.45) is 2.36. The largest absolute Gasteiger partial charge is 0.480 e. The van der Waals surface area contributed by atoms with Crippen LogP contribution in [0.3, 0.4) is 0 Å². The lowest BCUT2D eigenvalue weighted by Crippen LogP contribution is -2.59. The maximum absolute atomic E-state index is 12.9. The van der Waals surface area contributed by atoms with Crippen molar-refractivity contribution in [3.63, 3.8) is 0 Å². The number of aliphatic hydroxyl groups is 1. The predicted octanol–water partition coefficient (Wildman–Crippen LogP) is -1.23. The second kappa shape index (κ2) is 15.8. The van der Waals surface area contributed by atoms with E-state index >= 15 is 0 Å². The maximum Gasteiger partial charge on any atom is 0.328 e. The number of hydrogen-bond donors (Lipinski definition) is 7. The van der Waals surface area contributed by atoms with E-state index in [4.69, 9.17) is 11.5 Å². The van der Waals surface area contributed by atoms with E-state index in [1.807, 2.05) is 6.26 Å². The highest BCUT2D eigenvalue weighted by molar-refractivity contribution is 7.98. The molecular weight excluding hydrogens is 438 g/mol. The molecule has 0 rings (SSSR count). The van der Waals surface area contributed by atoms with Crippen molar-refractivity contribution in [3.8, 4) is 0 Å². The summed E-state index contributed by atoms with van der Waals surface area (Å²) in [5.41, 5.74) is 11.4. The van der Waals surface area contributed by atoms with Crippen LogP contribution in [0.2, 0.25) is 0 Å². The number of aliphatic carboxylic acids is 1. The summed E-state index contributed by atoms with van der Waals surface area (Å²) in [7, 11) is 0. The molecule has 186 valence electrons. The molecule has 12 heteroatoms. The number of nitrogens with two attached hydrogens (primary N) is 2. The van der Waals surface area contributed by atoms with Crippen LogP contribution < -0.4 is 27.4 Å². The summed E-state index contributed by atoms with van der Waals surface area (Å²) in [4.78, 5) is 49.3. The molecule has 32 heavy (non-hydrogen) atoms. The molecular formula is C20H39N5O6S. The van der Waals surface area contributed by atoms with Crippen LogP contribution in [0.1, 0.15) is 46.5 Å². The molecule has 11 nitrogen and oxygen atoms in total. The van der Waals surface area contributed by atoms with E-state index in [1.54, 1.807) is 25.6 Å². The monoisotopic (exact) mass is 477 g/mol. The number of carbonyl (C=O) groups excluding carboxylic acids is 3. The number of nitrogens with one attached hydrogen (secondary N) is 3. The molecule has 0 aliphatic carbocycles. The number of unbranched alkanes of at least 4 members (excludes halogenated alkanes) is 1. The number of rotatable bonds is 16. The molecule has 0 fully saturated rings. The Labute approximate surface area is 193 Å². The Bertz CT molecular complexity index is 619. The van der Waals surface area contributed by atoms with Gasteiger partial charge in [-0.05, 0) is 57.1 Å². The van der Waals surface area contributed by atoms with Crippen LogP contribution in [0.4, 0.5) is 0 Å². The van der Waals surface area contributed by atoms with Crippen LogP contribution in [0.25, 0.3) is 0 Å². The fourth-order valence-electron chi connectivity index (χ4n) is 2.84. The summed E-state index contributed by atoms with van der Waals surface area (Å²) < 4.78 is 0. The lowest BCUT2D eigenvalue weighted by molar-refractivity contribution is -0.145. The van der Waals surface area contributed by atoms with Gasteiger partial charge in [-0.2, -0.15) is 11.8 Å². The van der Waals surface area contributed by atoms with Crippen LogP contribution in [-0.2, 0) is 19.2 Å². The van der Waals surface area contributed by atoms with E-state index in [2.05, 4.69) is 16.0 Å². The third kappa shape index (κ3) is 11.1. The van der Waals surface area contributed by atoms with Gasteiger partial charge >= 0.3 is 5.97 Å². The Hall–Kier alpha value is -1.89. The van der Waals surface area contributed by atoms with E-state index in [9.17, 15) is 29.4 Å². The van der Waals surface area contributed by atoms with Gasteiger partial charge in [0.1, 0.15) is 12.1 Å². The number of thioether (sulfide) groups is 1. The van der Waals surface area contributed by atoms with Crippen molar-refractivity contribution in [2.45, 2.75) is 76.7 Å². The van der Waals surface area contributed by atoms with Gasteiger partial charge in [0.05, 0.1) is 12.1 Å². The average Bonchev–Trinajstić information content (AvgIpc) is 2.71.